The summed E-state index contributed by atoms with van der Waals surface area (Å²) in [6.45, 7) is 3.37. The molecule has 3 N–H and O–H groups in total. The van der Waals surface area contributed by atoms with E-state index in [1.165, 1.54) is 0 Å². The van der Waals surface area contributed by atoms with Gasteiger partial charge in [0.15, 0.2) is 0 Å². The molecule has 11 heteroatoms. The second-order valence-corrected chi connectivity index (χ2v) is 9.76. The van der Waals surface area contributed by atoms with Crippen molar-refractivity contribution in [3.8, 4) is 0 Å². The van der Waals surface area contributed by atoms with Gasteiger partial charge in [-0.2, -0.15) is 11.8 Å². The van der Waals surface area contributed by atoms with Crippen LogP contribution >= 0.6 is 11.8 Å². The lowest BCUT2D eigenvalue weighted by molar-refractivity contribution is -0.137. The Kier molecular flexibility index (Phi) is 8.06. The van der Waals surface area contributed by atoms with Crippen molar-refractivity contribution in [1.82, 2.24) is 25.8 Å². The van der Waals surface area contributed by atoms with Gasteiger partial charge in [-0.25, -0.2) is 4.79 Å². The maximum absolute atomic E-state index is 12.9. The number of urea groups is 1. The summed E-state index contributed by atoms with van der Waals surface area (Å²) in [7, 11) is 0. The zero-order valence-corrected chi connectivity index (χ0v) is 20.4. The van der Waals surface area contributed by atoms with E-state index < -0.39 is 18.0 Å². The van der Waals surface area contributed by atoms with Crippen LogP contribution < -0.4 is 16.0 Å². The zero-order chi connectivity index (χ0) is 24.8. The van der Waals surface area contributed by atoms with E-state index in [1.807, 2.05) is 31.2 Å². The number of piperidine rings is 1. The fourth-order valence-corrected chi connectivity index (χ4v) is 5.09. The third-order valence-electron chi connectivity index (χ3n) is 6.10. The van der Waals surface area contributed by atoms with Crippen molar-refractivity contribution in [1.29, 1.82) is 0 Å². The molecule has 1 atom stereocenters. The lowest BCUT2D eigenvalue weighted by atomic mass is 9.89. The molecule has 4 heterocycles. The van der Waals surface area contributed by atoms with E-state index in [1.54, 1.807) is 22.9 Å². The Morgan fingerprint density at radius 3 is 2.74 bits per heavy atom. The number of carbonyl (C=O) groups excluding carboxylic acids is 4. The van der Waals surface area contributed by atoms with Crippen LogP contribution in [0.25, 0.3) is 0 Å². The highest BCUT2D eigenvalue weighted by atomic mass is 32.2. The minimum atomic E-state index is -0.836. The van der Waals surface area contributed by atoms with Crippen LogP contribution in [0.2, 0.25) is 0 Å². The van der Waals surface area contributed by atoms with E-state index in [-0.39, 0.29) is 24.2 Å². The monoisotopic (exact) mass is 499 g/mol. The van der Waals surface area contributed by atoms with Gasteiger partial charge in [-0.05, 0) is 44.0 Å². The Hall–Kier alpha value is -3.34. The first-order valence-corrected chi connectivity index (χ1v) is 12.8. The summed E-state index contributed by atoms with van der Waals surface area (Å²) < 4.78 is 5.31. The van der Waals surface area contributed by atoms with Crippen LogP contribution in [-0.4, -0.2) is 65.1 Å². The number of aromatic nitrogens is 1. The fraction of sp³-hybridized carbons (Fsp3) is 0.458. The average molecular weight is 500 g/mol. The van der Waals surface area contributed by atoms with Crippen molar-refractivity contribution in [3.05, 3.63) is 53.2 Å². The molecule has 2 aliphatic heterocycles. The van der Waals surface area contributed by atoms with Gasteiger partial charge in [-0.15, -0.1) is 0 Å². The van der Waals surface area contributed by atoms with Crippen molar-refractivity contribution >= 4 is 35.5 Å². The Morgan fingerprint density at radius 1 is 1.23 bits per heavy atom. The van der Waals surface area contributed by atoms with Gasteiger partial charge in [-0.3, -0.25) is 24.7 Å². The highest BCUT2D eigenvalue weighted by Gasteiger charge is 2.35. The molecule has 2 aromatic rings. The molecule has 0 radical (unpaired) electrons. The standard InChI is InChI=1S/C24H29N5O5S/c1-15-4-5-18(22(31)25-8-12-35-14-17-3-2-11-34-17)21(26-15)16-6-9-29(10-7-16)23(32)19-13-20(30)28-24(33)27-19/h2-5,11,16,19H,6-10,12-14H2,1H3,(H,25,31)(H2,27,28,30,33). The van der Waals surface area contributed by atoms with Gasteiger partial charge in [0.05, 0.1) is 29.7 Å². The van der Waals surface area contributed by atoms with Crippen LogP contribution in [0.1, 0.15) is 52.7 Å². The Morgan fingerprint density at radius 2 is 2.03 bits per heavy atom. The van der Waals surface area contributed by atoms with Crippen molar-refractivity contribution in [3.63, 3.8) is 0 Å². The maximum atomic E-state index is 12.9. The maximum Gasteiger partial charge on any atom is 0.322 e. The summed E-state index contributed by atoms with van der Waals surface area (Å²) in [5.41, 5.74) is 2.15. The average Bonchev–Trinajstić information content (AvgIpc) is 3.36. The molecule has 5 amide bonds. The van der Waals surface area contributed by atoms with E-state index in [9.17, 15) is 19.2 Å². The summed E-state index contributed by atoms with van der Waals surface area (Å²) in [5.74, 6) is 1.60. The van der Waals surface area contributed by atoms with Gasteiger partial charge < -0.3 is 20.0 Å². The lowest BCUT2D eigenvalue weighted by Gasteiger charge is -2.35. The number of amides is 5. The highest BCUT2D eigenvalue weighted by Crippen LogP contribution is 2.30. The quantitative estimate of drug-likeness (QED) is 0.473. The number of imide groups is 1. The van der Waals surface area contributed by atoms with Gasteiger partial charge in [0.2, 0.25) is 11.8 Å². The van der Waals surface area contributed by atoms with Crippen molar-refractivity contribution < 1.29 is 23.6 Å². The Bertz CT molecular complexity index is 1070. The molecule has 2 aromatic heterocycles. The molecule has 0 saturated carbocycles. The fourth-order valence-electron chi connectivity index (χ4n) is 4.33. The molecule has 2 aliphatic rings. The van der Waals surface area contributed by atoms with Gasteiger partial charge in [0, 0.05) is 37.0 Å². The molecule has 2 saturated heterocycles. The predicted octanol–water partition coefficient (Wildman–Crippen LogP) is 1.95. The van der Waals surface area contributed by atoms with Crippen LogP contribution in [0, 0.1) is 6.92 Å². The summed E-state index contributed by atoms with van der Waals surface area (Å²) in [4.78, 5) is 55.2. The van der Waals surface area contributed by atoms with Crippen molar-refractivity contribution in [2.24, 2.45) is 0 Å². The highest BCUT2D eigenvalue weighted by molar-refractivity contribution is 7.98. The molecule has 1 unspecified atom stereocenters. The molecule has 4 rings (SSSR count). The molecule has 0 aliphatic carbocycles. The number of carbonyl (C=O) groups is 4. The molecular weight excluding hydrogens is 470 g/mol. The molecule has 0 aromatic carbocycles. The zero-order valence-electron chi connectivity index (χ0n) is 19.5. The smallest absolute Gasteiger partial charge is 0.322 e. The van der Waals surface area contributed by atoms with Gasteiger partial charge in [0.1, 0.15) is 11.8 Å². The predicted molar refractivity (Wildman–Crippen MR) is 130 cm³/mol. The van der Waals surface area contributed by atoms with Gasteiger partial charge >= 0.3 is 6.03 Å². The van der Waals surface area contributed by atoms with E-state index in [4.69, 9.17) is 4.42 Å². The molecule has 35 heavy (non-hydrogen) atoms. The number of pyridine rings is 1. The molecule has 10 nitrogen and oxygen atoms in total. The largest absolute Gasteiger partial charge is 0.468 e. The summed E-state index contributed by atoms with van der Waals surface area (Å²) in [5, 5.41) is 7.64. The van der Waals surface area contributed by atoms with Gasteiger partial charge in [-0.1, -0.05) is 0 Å². The lowest BCUT2D eigenvalue weighted by Crippen LogP contribution is -2.58. The minimum absolute atomic E-state index is 0.0391. The first-order valence-electron chi connectivity index (χ1n) is 11.7. The van der Waals surface area contributed by atoms with Crippen LogP contribution in [0.5, 0.6) is 0 Å². The van der Waals surface area contributed by atoms with Crippen LogP contribution in [0.15, 0.2) is 34.9 Å². The molecule has 186 valence electrons. The van der Waals surface area contributed by atoms with E-state index in [0.717, 1.165) is 28.7 Å². The van der Waals surface area contributed by atoms with Gasteiger partial charge in [0.25, 0.3) is 5.91 Å². The number of hydrogen-bond acceptors (Lipinski definition) is 7. The number of hydrogen-bond donors (Lipinski definition) is 3. The third kappa shape index (κ3) is 6.41. The second kappa shape index (κ2) is 11.4. The number of rotatable bonds is 8. The number of likely N-dealkylation sites (tertiary alicyclic amines) is 1. The molecule has 0 spiro atoms. The Labute approximate surface area is 207 Å². The van der Waals surface area contributed by atoms with Crippen LogP contribution in [0.3, 0.4) is 0 Å². The molecule has 0 bridgehead atoms. The number of aryl methyl sites for hydroxylation is 1. The summed E-state index contributed by atoms with van der Waals surface area (Å²) >= 11 is 1.68. The molecule has 2 fully saturated rings. The van der Waals surface area contributed by atoms with Crippen molar-refractivity contribution in [2.45, 2.75) is 43.9 Å². The molecular formula is C24H29N5O5S. The number of thioether (sulfide) groups is 1. The first kappa shape index (κ1) is 24.8. The van der Waals surface area contributed by atoms with Crippen LogP contribution in [0.4, 0.5) is 4.79 Å². The topological polar surface area (TPSA) is 134 Å². The third-order valence-corrected chi connectivity index (χ3v) is 7.09. The SMILES string of the molecule is Cc1ccc(C(=O)NCCSCc2ccco2)c(C2CCN(C(=O)C3CC(=O)NC(=O)N3)CC2)n1. The second-order valence-electron chi connectivity index (χ2n) is 8.65. The summed E-state index contributed by atoms with van der Waals surface area (Å²) in [6.07, 6.45) is 2.88. The van der Waals surface area contributed by atoms with E-state index in [0.29, 0.717) is 38.0 Å². The Balaban J connectivity index is 1.31. The van der Waals surface area contributed by atoms with E-state index >= 15 is 0 Å². The first-order chi connectivity index (χ1) is 16.9. The normalized spacial score (nSPS) is 18.7. The van der Waals surface area contributed by atoms with Crippen molar-refractivity contribution in [2.75, 3.05) is 25.4 Å². The van der Waals surface area contributed by atoms with E-state index in [2.05, 4.69) is 20.9 Å². The number of furan rings is 1. The van der Waals surface area contributed by atoms with Crippen LogP contribution in [-0.2, 0) is 15.3 Å². The number of nitrogens with zero attached hydrogens (tertiary/aromatic N) is 2. The minimum Gasteiger partial charge on any atom is -0.468 e. The summed E-state index contributed by atoms with van der Waals surface area (Å²) in [6, 6.07) is 5.95. The number of nitrogens with one attached hydrogen (secondary N) is 3.